The van der Waals surface area contributed by atoms with Crippen LogP contribution in [0, 0.1) is 19.3 Å². The molecule has 18 heavy (non-hydrogen) atoms. The molecule has 1 N–H and O–H groups in total. The summed E-state index contributed by atoms with van der Waals surface area (Å²) in [6.07, 6.45) is 5.32. The summed E-state index contributed by atoms with van der Waals surface area (Å²) in [5, 5.41) is 3.52. The van der Waals surface area contributed by atoms with Crippen molar-refractivity contribution in [3.8, 4) is 12.3 Å². The van der Waals surface area contributed by atoms with Crippen molar-refractivity contribution in [2.45, 2.75) is 46.3 Å². The fourth-order valence-electron chi connectivity index (χ4n) is 1.69. The Kier molecular flexibility index (Phi) is 5.40. The molecule has 0 unspecified atom stereocenters. The Bertz CT molecular complexity index is 421. The molecule has 0 saturated carbocycles. The molecule has 100 valence electrons. The zero-order valence-electron chi connectivity index (χ0n) is 12.1. The molecule has 1 aromatic heterocycles. The molecule has 0 saturated heterocycles. The van der Waals surface area contributed by atoms with Crippen LogP contribution in [0.4, 0.5) is 0 Å². The first-order valence-corrected chi connectivity index (χ1v) is 7.08. The number of aryl methyl sites for hydroxylation is 1. The third kappa shape index (κ3) is 5.22. The Balaban J connectivity index is 2.62. The van der Waals surface area contributed by atoms with Crippen LogP contribution in [-0.4, -0.2) is 24.0 Å². The van der Waals surface area contributed by atoms with E-state index in [0.717, 1.165) is 13.1 Å². The highest BCUT2D eigenvalue weighted by Gasteiger charge is 2.11. The minimum atomic E-state index is 0.165. The van der Waals surface area contributed by atoms with Crippen molar-refractivity contribution in [2.75, 3.05) is 13.6 Å². The van der Waals surface area contributed by atoms with Gasteiger partial charge in [-0.15, -0.1) is 17.8 Å². The van der Waals surface area contributed by atoms with Gasteiger partial charge in [0, 0.05) is 28.4 Å². The number of thiophene rings is 1. The number of nitrogens with one attached hydrogen (secondary N) is 1. The summed E-state index contributed by atoms with van der Waals surface area (Å²) >= 11 is 1.87. The minimum absolute atomic E-state index is 0.165. The van der Waals surface area contributed by atoms with Gasteiger partial charge in [0.05, 0.1) is 6.54 Å². The lowest BCUT2D eigenvalue weighted by atomic mass is 10.1. The summed E-state index contributed by atoms with van der Waals surface area (Å²) in [4.78, 5) is 4.95. The van der Waals surface area contributed by atoms with Crippen LogP contribution < -0.4 is 5.32 Å². The summed E-state index contributed by atoms with van der Waals surface area (Å²) in [5.74, 6) is 2.68. The van der Waals surface area contributed by atoms with Crippen molar-refractivity contribution in [3.63, 3.8) is 0 Å². The Morgan fingerprint density at radius 3 is 2.67 bits per heavy atom. The van der Waals surface area contributed by atoms with E-state index < -0.39 is 0 Å². The highest BCUT2D eigenvalue weighted by molar-refractivity contribution is 7.12. The normalized spacial score (nSPS) is 11.8. The lowest BCUT2D eigenvalue weighted by molar-refractivity contribution is 0.369. The maximum Gasteiger partial charge on any atom is 0.0599 e. The van der Waals surface area contributed by atoms with Gasteiger partial charge in [0.2, 0.25) is 0 Å². The van der Waals surface area contributed by atoms with Crippen molar-refractivity contribution in [2.24, 2.45) is 0 Å². The van der Waals surface area contributed by atoms with Crippen molar-refractivity contribution in [3.05, 3.63) is 21.4 Å². The molecule has 3 heteroatoms. The van der Waals surface area contributed by atoms with Gasteiger partial charge in [0.15, 0.2) is 0 Å². The van der Waals surface area contributed by atoms with Crippen LogP contribution in [0.1, 0.15) is 36.1 Å². The smallest absolute Gasteiger partial charge is 0.0599 e. The van der Waals surface area contributed by atoms with Gasteiger partial charge in [-0.1, -0.05) is 5.92 Å². The van der Waals surface area contributed by atoms with Crippen LogP contribution in [0.2, 0.25) is 0 Å². The monoisotopic (exact) mass is 264 g/mol. The molecular formula is C15H24N2S. The van der Waals surface area contributed by atoms with E-state index in [1.807, 2.05) is 11.3 Å². The molecule has 2 nitrogen and oxygen atoms in total. The highest BCUT2D eigenvalue weighted by atomic mass is 32.1. The Morgan fingerprint density at radius 1 is 1.44 bits per heavy atom. The van der Waals surface area contributed by atoms with Crippen molar-refractivity contribution in [1.29, 1.82) is 0 Å². The standard InChI is InChI=1S/C15H24N2S/c1-7-8-17(6)11-13-9-14(18-12(13)2)10-16-15(3,4)5/h1,9,16H,8,10-11H2,2-6H3. The number of rotatable bonds is 5. The molecular weight excluding hydrogens is 240 g/mol. The van der Waals surface area contributed by atoms with Gasteiger partial charge in [-0.2, -0.15) is 0 Å². The fourth-order valence-corrected chi connectivity index (χ4v) is 2.68. The zero-order chi connectivity index (χ0) is 13.8. The van der Waals surface area contributed by atoms with E-state index in [0.29, 0.717) is 6.54 Å². The molecule has 0 aromatic carbocycles. The van der Waals surface area contributed by atoms with Gasteiger partial charge in [-0.25, -0.2) is 0 Å². The molecule has 0 radical (unpaired) electrons. The van der Waals surface area contributed by atoms with Gasteiger partial charge in [-0.05, 0) is 46.4 Å². The number of hydrogen-bond donors (Lipinski definition) is 1. The molecule has 0 amide bonds. The predicted octanol–water partition coefficient (Wildman–Crippen LogP) is 3.01. The largest absolute Gasteiger partial charge is 0.307 e. The third-order valence-electron chi connectivity index (χ3n) is 2.67. The maximum absolute atomic E-state index is 5.32. The second kappa shape index (κ2) is 6.38. The minimum Gasteiger partial charge on any atom is -0.307 e. The van der Waals surface area contributed by atoms with Gasteiger partial charge in [0.1, 0.15) is 0 Å². The molecule has 1 aromatic rings. The number of hydrogen-bond acceptors (Lipinski definition) is 3. The van der Waals surface area contributed by atoms with E-state index in [1.165, 1.54) is 15.3 Å². The molecule has 0 aliphatic rings. The Labute approximate surface area is 115 Å². The summed E-state index contributed by atoms with van der Waals surface area (Å²) in [6, 6.07) is 2.30. The first-order chi connectivity index (χ1) is 8.31. The summed E-state index contributed by atoms with van der Waals surface area (Å²) in [6.45, 7) is 11.3. The molecule has 0 bridgehead atoms. The summed E-state index contributed by atoms with van der Waals surface area (Å²) in [5.41, 5.74) is 1.56. The van der Waals surface area contributed by atoms with Gasteiger partial charge < -0.3 is 5.32 Å². The average molecular weight is 264 g/mol. The number of nitrogens with zero attached hydrogens (tertiary/aromatic N) is 1. The molecule has 1 heterocycles. The average Bonchev–Trinajstić information content (AvgIpc) is 2.56. The van der Waals surface area contributed by atoms with Crippen LogP contribution in [0.25, 0.3) is 0 Å². The first kappa shape index (κ1) is 15.2. The van der Waals surface area contributed by atoms with Crippen LogP contribution in [0.15, 0.2) is 6.07 Å². The van der Waals surface area contributed by atoms with Crippen LogP contribution in [-0.2, 0) is 13.1 Å². The summed E-state index contributed by atoms with van der Waals surface area (Å²) < 4.78 is 0. The van der Waals surface area contributed by atoms with Crippen LogP contribution in [0.5, 0.6) is 0 Å². The lowest BCUT2D eigenvalue weighted by Crippen LogP contribution is -2.34. The molecule has 0 fully saturated rings. The maximum atomic E-state index is 5.32. The van der Waals surface area contributed by atoms with Crippen molar-refractivity contribution in [1.82, 2.24) is 10.2 Å². The van der Waals surface area contributed by atoms with E-state index in [-0.39, 0.29) is 5.54 Å². The van der Waals surface area contributed by atoms with E-state index in [1.54, 1.807) is 0 Å². The lowest BCUT2D eigenvalue weighted by Gasteiger charge is -2.19. The van der Waals surface area contributed by atoms with E-state index >= 15 is 0 Å². The third-order valence-corrected chi connectivity index (χ3v) is 3.76. The second-order valence-corrected chi connectivity index (χ2v) is 7.11. The quantitative estimate of drug-likeness (QED) is 0.823. The van der Waals surface area contributed by atoms with Gasteiger partial charge in [0.25, 0.3) is 0 Å². The molecule has 0 aliphatic heterocycles. The van der Waals surface area contributed by atoms with Crippen LogP contribution >= 0.6 is 11.3 Å². The molecule has 0 atom stereocenters. The zero-order valence-corrected chi connectivity index (χ0v) is 12.9. The SMILES string of the molecule is C#CCN(C)Cc1cc(CNC(C)(C)C)sc1C. The molecule has 1 rings (SSSR count). The van der Waals surface area contributed by atoms with Gasteiger partial charge >= 0.3 is 0 Å². The Hall–Kier alpha value is -0.820. The van der Waals surface area contributed by atoms with Crippen molar-refractivity contribution >= 4 is 11.3 Å². The first-order valence-electron chi connectivity index (χ1n) is 6.27. The van der Waals surface area contributed by atoms with E-state index in [4.69, 9.17) is 6.42 Å². The summed E-state index contributed by atoms with van der Waals surface area (Å²) in [7, 11) is 2.06. The van der Waals surface area contributed by atoms with Gasteiger partial charge in [-0.3, -0.25) is 4.90 Å². The van der Waals surface area contributed by atoms with Crippen LogP contribution in [0.3, 0.4) is 0 Å². The van der Waals surface area contributed by atoms with Crippen molar-refractivity contribution < 1.29 is 0 Å². The highest BCUT2D eigenvalue weighted by Crippen LogP contribution is 2.23. The Morgan fingerprint density at radius 2 is 2.11 bits per heavy atom. The number of terminal acetylenes is 1. The topological polar surface area (TPSA) is 15.3 Å². The molecule has 0 spiro atoms. The fraction of sp³-hybridized carbons (Fsp3) is 0.600. The second-order valence-electron chi connectivity index (χ2n) is 5.77. The van der Waals surface area contributed by atoms with E-state index in [2.05, 4.69) is 56.9 Å². The van der Waals surface area contributed by atoms with E-state index in [9.17, 15) is 0 Å². The predicted molar refractivity (Wildman–Crippen MR) is 80.8 cm³/mol. The molecule has 0 aliphatic carbocycles.